The molecule has 0 aromatic heterocycles. The molecule has 0 spiro atoms. The Labute approximate surface area is 111 Å². The second kappa shape index (κ2) is 7.40. The highest BCUT2D eigenvalue weighted by atomic mass is 16.5. The third kappa shape index (κ3) is 4.67. The number of hydrogen-bond donors (Lipinski definition) is 0. The highest BCUT2D eigenvalue weighted by Gasteiger charge is 2.26. The molecule has 2 heteroatoms. The minimum atomic E-state index is -0.0358. The summed E-state index contributed by atoms with van der Waals surface area (Å²) < 4.78 is 5.56. The molecule has 0 unspecified atom stereocenters. The molecular weight excluding hydrogens is 224 g/mol. The lowest BCUT2D eigenvalue weighted by atomic mass is 9.83. The van der Waals surface area contributed by atoms with Crippen molar-refractivity contribution in [3.05, 3.63) is 24.0 Å². The van der Waals surface area contributed by atoms with Gasteiger partial charge in [-0.2, -0.15) is 0 Å². The lowest BCUT2D eigenvalue weighted by Crippen LogP contribution is -2.23. The summed E-state index contributed by atoms with van der Waals surface area (Å²) in [7, 11) is 0. The normalized spacial score (nSPS) is 25.7. The molecule has 0 amide bonds. The number of carbonyl (C=O) groups is 1. The Morgan fingerprint density at radius 1 is 1.22 bits per heavy atom. The van der Waals surface area contributed by atoms with Crippen molar-refractivity contribution < 1.29 is 9.53 Å². The van der Waals surface area contributed by atoms with Crippen molar-refractivity contribution in [3.63, 3.8) is 0 Å². The maximum atomic E-state index is 12.1. The third-order valence-electron chi connectivity index (χ3n) is 3.59. The van der Waals surface area contributed by atoms with Gasteiger partial charge in [-0.1, -0.05) is 32.9 Å². The standard InChI is InChI=1S/C16H26O2/c1-5-6-7-15(12(2)3)18-16(17)14-10-8-13(4)9-11-14/h5-7,12-14H,8-11H2,1-4H3/b6-5-,15-7+. The summed E-state index contributed by atoms with van der Waals surface area (Å²) in [5.74, 6) is 1.85. The molecule has 0 aromatic rings. The van der Waals surface area contributed by atoms with Crippen LogP contribution in [-0.2, 0) is 9.53 Å². The summed E-state index contributed by atoms with van der Waals surface area (Å²) in [5.41, 5.74) is 0. The molecule has 0 atom stereocenters. The Kier molecular flexibility index (Phi) is 6.17. The van der Waals surface area contributed by atoms with E-state index in [2.05, 4.69) is 6.92 Å². The molecule has 0 radical (unpaired) electrons. The first kappa shape index (κ1) is 15.0. The summed E-state index contributed by atoms with van der Waals surface area (Å²) in [6.07, 6.45) is 10.0. The van der Waals surface area contributed by atoms with E-state index in [9.17, 15) is 4.79 Å². The van der Waals surface area contributed by atoms with Gasteiger partial charge in [0.2, 0.25) is 0 Å². The zero-order valence-corrected chi connectivity index (χ0v) is 12.1. The van der Waals surface area contributed by atoms with E-state index in [0.717, 1.165) is 37.4 Å². The van der Waals surface area contributed by atoms with Crippen molar-refractivity contribution in [2.45, 2.75) is 53.4 Å². The first-order valence-corrected chi connectivity index (χ1v) is 7.09. The summed E-state index contributed by atoms with van der Waals surface area (Å²) in [4.78, 5) is 12.1. The second-order valence-electron chi connectivity index (χ2n) is 5.63. The first-order valence-electron chi connectivity index (χ1n) is 7.09. The Morgan fingerprint density at radius 2 is 1.83 bits per heavy atom. The Morgan fingerprint density at radius 3 is 2.33 bits per heavy atom. The van der Waals surface area contributed by atoms with Gasteiger partial charge in [-0.05, 0) is 44.6 Å². The van der Waals surface area contributed by atoms with Crippen LogP contribution in [0.15, 0.2) is 24.0 Å². The summed E-state index contributed by atoms with van der Waals surface area (Å²) in [6, 6.07) is 0. The van der Waals surface area contributed by atoms with Crippen LogP contribution in [0.4, 0.5) is 0 Å². The van der Waals surface area contributed by atoms with Crippen molar-refractivity contribution in [1.29, 1.82) is 0 Å². The fourth-order valence-electron chi connectivity index (χ4n) is 2.23. The van der Waals surface area contributed by atoms with Gasteiger partial charge in [0.25, 0.3) is 0 Å². The van der Waals surface area contributed by atoms with Crippen molar-refractivity contribution in [1.82, 2.24) is 0 Å². The molecule has 0 heterocycles. The van der Waals surface area contributed by atoms with Gasteiger partial charge in [0, 0.05) is 5.92 Å². The summed E-state index contributed by atoms with van der Waals surface area (Å²) in [5, 5.41) is 0. The van der Waals surface area contributed by atoms with Crippen LogP contribution in [0.5, 0.6) is 0 Å². The Hall–Kier alpha value is -1.05. The van der Waals surface area contributed by atoms with Gasteiger partial charge in [-0.15, -0.1) is 0 Å². The average Bonchev–Trinajstić information content (AvgIpc) is 2.34. The lowest BCUT2D eigenvalue weighted by Gasteiger charge is -2.25. The Bertz CT molecular complexity index is 318. The predicted molar refractivity (Wildman–Crippen MR) is 74.9 cm³/mol. The average molecular weight is 250 g/mol. The van der Waals surface area contributed by atoms with E-state index in [4.69, 9.17) is 4.74 Å². The van der Waals surface area contributed by atoms with E-state index < -0.39 is 0 Å². The van der Waals surface area contributed by atoms with Gasteiger partial charge in [-0.25, -0.2) is 0 Å². The monoisotopic (exact) mass is 250 g/mol. The molecule has 0 aliphatic heterocycles. The van der Waals surface area contributed by atoms with Gasteiger partial charge in [0.1, 0.15) is 5.76 Å². The van der Waals surface area contributed by atoms with Crippen molar-refractivity contribution >= 4 is 5.97 Å². The summed E-state index contributed by atoms with van der Waals surface area (Å²) >= 11 is 0. The SMILES string of the molecule is C/C=C\C=C(\OC(=O)C1CCC(C)CC1)C(C)C. The van der Waals surface area contributed by atoms with Crippen molar-refractivity contribution in [2.75, 3.05) is 0 Å². The highest BCUT2D eigenvalue weighted by Crippen LogP contribution is 2.30. The molecule has 0 saturated heterocycles. The molecule has 1 aliphatic carbocycles. The van der Waals surface area contributed by atoms with E-state index >= 15 is 0 Å². The fourth-order valence-corrected chi connectivity index (χ4v) is 2.23. The molecule has 1 fully saturated rings. The van der Waals surface area contributed by atoms with E-state index in [1.807, 2.05) is 39.0 Å². The highest BCUT2D eigenvalue weighted by molar-refractivity contribution is 5.73. The molecule has 1 saturated carbocycles. The van der Waals surface area contributed by atoms with Crippen molar-refractivity contribution in [3.8, 4) is 0 Å². The third-order valence-corrected chi connectivity index (χ3v) is 3.59. The topological polar surface area (TPSA) is 26.3 Å². The van der Waals surface area contributed by atoms with Crippen LogP contribution in [0.3, 0.4) is 0 Å². The largest absolute Gasteiger partial charge is 0.431 e. The van der Waals surface area contributed by atoms with Gasteiger partial charge in [0.15, 0.2) is 0 Å². The molecule has 2 nitrogen and oxygen atoms in total. The molecule has 18 heavy (non-hydrogen) atoms. The van der Waals surface area contributed by atoms with Crippen LogP contribution in [-0.4, -0.2) is 5.97 Å². The van der Waals surface area contributed by atoms with Gasteiger partial charge in [-0.3, -0.25) is 4.79 Å². The predicted octanol–water partition coefficient (Wildman–Crippen LogP) is 4.47. The maximum absolute atomic E-state index is 12.1. The molecule has 1 rings (SSSR count). The van der Waals surface area contributed by atoms with Crippen molar-refractivity contribution in [2.24, 2.45) is 17.8 Å². The van der Waals surface area contributed by atoms with Crippen LogP contribution in [0.1, 0.15) is 53.4 Å². The van der Waals surface area contributed by atoms with Gasteiger partial charge in [0.05, 0.1) is 5.92 Å². The second-order valence-corrected chi connectivity index (χ2v) is 5.63. The number of carbonyl (C=O) groups excluding carboxylic acids is 1. The summed E-state index contributed by atoms with van der Waals surface area (Å²) in [6.45, 7) is 8.31. The zero-order chi connectivity index (χ0) is 13.5. The van der Waals surface area contributed by atoms with Crippen LogP contribution in [0.25, 0.3) is 0 Å². The van der Waals surface area contributed by atoms with Crippen LogP contribution in [0.2, 0.25) is 0 Å². The Balaban J connectivity index is 2.56. The lowest BCUT2D eigenvalue weighted by molar-refractivity contribution is -0.146. The van der Waals surface area contributed by atoms with E-state index in [0.29, 0.717) is 0 Å². The fraction of sp³-hybridized carbons (Fsp3) is 0.688. The molecule has 0 aromatic carbocycles. The quantitative estimate of drug-likeness (QED) is 0.418. The number of hydrogen-bond acceptors (Lipinski definition) is 2. The smallest absolute Gasteiger partial charge is 0.314 e. The van der Waals surface area contributed by atoms with E-state index in [-0.39, 0.29) is 17.8 Å². The number of rotatable bonds is 4. The number of ether oxygens (including phenoxy) is 1. The molecule has 1 aliphatic rings. The minimum Gasteiger partial charge on any atom is -0.431 e. The number of esters is 1. The van der Waals surface area contributed by atoms with E-state index in [1.54, 1.807) is 0 Å². The first-order chi connectivity index (χ1) is 8.54. The van der Waals surface area contributed by atoms with Crippen LogP contribution < -0.4 is 0 Å². The van der Waals surface area contributed by atoms with Crippen LogP contribution >= 0.6 is 0 Å². The minimum absolute atomic E-state index is 0.0358. The molecular formula is C16H26O2. The molecule has 0 N–H and O–H groups in total. The molecule has 102 valence electrons. The van der Waals surface area contributed by atoms with Gasteiger partial charge >= 0.3 is 5.97 Å². The van der Waals surface area contributed by atoms with E-state index in [1.165, 1.54) is 0 Å². The molecule has 0 bridgehead atoms. The maximum Gasteiger partial charge on any atom is 0.314 e. The van der Waals surface area contributed by atoms with Crippen LogP contribution in [0, 0.1) is 17.8 Å². The zero-order valence-electron chi connectivity index (χ0n) is 12.1. The number of allylic oxidation sites excluding steroid dienone is 4. The van der Waals surface area contributed by atoms with Gasteiger partial charge < -0.3 is 4.74 Å².